The smallest absolute Gasteiger partial charge is 0.314 e. The average Bonchev–Trinajstić information content (AvgIpc) is 2.62. The molecule has 0 aliphatic heterocycles. The number of hydrogen-bond donors (Lipinski definition) is 2. The van der Waals surface area contributed by atoms with Crippen molar-refractivity contribution in [3.05, 3.63) is 52.8 Å². The van der Waals surface area contributed by atoms with Crippen LogP contribution in [-0.4, -0.2) is 29.4 Å². The molecule has 6 heteroatoms. The van der Waals surface area contributed by atoms with Gasteiger partial charge in [0.2, 0.25) is 0 Å². The summed E-state index contributed by atoms with van der Waals surface area (Å²) in [5.74, 6) is 0. The first-order valence-electron chi connectivity index (χ1n) is 8.30. The van der Waals surface area contributed by atoms with Crippen LogP contribution in [0.2, 0.25) is 0 Å². The van der Waals surface area contributed by atoms with E-state index in [0.29, 0.717) is 13.1 Å². The number of nitrogens with zero attached hydrogens (tertiary/aromatic N) is 2. The van der Waals surface area contributed by atoms with E-state index in [9.17, 15) is 9.59 Å². The van der Waals surface area contributed by atoms with Crippen LogP contribution in [0.1, 0.15) is 25.7 Å². The minimum Gasteiger partial charge on any atom is -0.341 e. The van der Waals surface area contributed by atoms with Gasteiger partial charge >= 0.3 is 6.03 Å². The van der Waals surface area contributed by atoms with Gasteiger partial charge in [0, 0.05) is 31.8 Å². The van der Waals surface area contributed by atoms with E-state index >= 15 is 0 Å². The zero-order valence-electron chi connectivity index (χ0n) is 14.0. The van der Waals surface area contributed by atoms with Crippen LogP contribution in [-0.2, 0) is 6.54 Å². The van der Waals surface area contributed by atoms with Gasteiger partial charge in [-0.1, -0.05) is 43.2 Å². The Morgan fingerprint density at radius 3 is 2.54 bits per heavy atom. The maximum absolute atomic E-state index is 11.9. The molecule has 0 atom stereocenters. The highest BCUT2D eigenvalue weighted by Crippen LogP contribution is 2.14. The number of aryl methyl sites for hydroxylation is 1. The van der Waals surface area contributed by atoms with E-state index < -0.39 is 0 Å². The monoisotopic (exact) mass is 328 g/mol. The lowest BCUT2D eigenvalue weighted by Gasteiger charge is -2.07. The van der Waals surface area contributed by atoms with Crippen LogP contribution >= 0.6 is 0 Å². The Morgan fingerprint density at radius 2 is 1.79 bits per heavy atom. The predicted octanol–water partition coefficient (Wildman–Crippen LogP) is 2.40. The molecule has 2 rings (SSSR count). The van der Waals surface area contributed by atoms with Crippen LogP contribution in [0.15, 0.2) is 47.3 Å². The van der Waals surface area contributed by atoms with Crippen LogP contribution in [0.5, 0.6) is 0 Å². The summed E-state index contributed by atoms with van der Waals surface area (Å²) in [6, 6.07) is 13.0. The van der Waals surface area contributed by atoms with Gasteiger partial charge in [-0.15, -0.1) is 0 Å². The lowest BCUT2D eigenvalue weighted by molar-refractivity contribution is 0.242. The molecular formula is C18H24N4O2. The molecule has 24 heavy (non-hydrogen) atoms. The highest BCUT2D eigenvalue weighted by molar-refractivity contribution is 5.73. The van der Waals surface area contributed by atoms with Crippen LogP contribution in [0.3, 0.4) is 0 Å². The summed E-state index contributed by atoms with van der Waals surface area (Å²) in [6.07, 6.45) is 3.83. The molecule has 0 aliphatic carbocycles. The van der Waals surface area contributed by atoms with Crippen molar-refractivity contribution in [3.63, 3.8) is 0 Å². The number of urea groups is 1. The van der Waals surface area contributed by atoms with E-state index in [4.69, 9.17) is 0 Å². The Bertz CT molecular complexity index is 698. The molecule has 128 valence electrons. The molecule has 0 fully saturated rings. The quantitative estimate of drug-likeness (QED) is 0.731. The standard InChI is InChI=1S/C18H24N4O2/c1-19-18(24)20-13-7-2-3-8-14-22-17(23)12-11-16(21-22)15-9-5-4-6-10-15/h4-6,9-12H,2-3,7-8,13-14H2,1H3,(H2,19,20,24). The van der Waals surface area contributed by atoms with Gasteiger partial charge in [0.1, 0.15) is 0 Å². The van der Waals surface area contributed by atoms with E-state index in [1.165, 1.54) is 4.68 Å². The van der Waals surface area contributed by atoms with Gasteiger partial charge < -0.3 is 10.6 Å². The first kappa shape index (κ1) is 17.7. The van der Waals surface area contributed by atoms with Crippen molar-refractivity contribution >= 4 is 6.03 Å². The summed E-state index contributed by atoms with van der Waals surface area (Å²) in [6.45, 7) is 1.28. The van der Waals surface area contributed by atoms with Gasteiger partial charge in [0.25, 0.3) is 5.56 Å². The number of unbranched alkanes of at least 4 members (excludes halogenated alkanes) is 3. The van der Waals surface area contributed by atoms with Crippen molar-refractivity contribution in [1.29, 1.82) is 0 Å². The Hall–Kier alpha value is -2.63. The molecule has 2 amide bonds. The van der Waals surface area contributed by atoms with Gasteiger partial charge in [-0.05, 0) is 18.9 Å². The van der Waals surface area contributed by atoms with Crippen LogP contribution in [0, 0.1) is 0 Å². The number of carbonyl (C=O) groups excluding carboxylic acids is 1. The molecule has 0 spiro atoms. The fourth-order valence-corrected chi connectivity index (χ4v) is 2.40. The molecule has 2 aromatic rings. The minimum atomic E-state index is -0.150. The number of carbonyl (C=O) groups is 1. The van der Waals surface area contributed by atoms with Crippen molar-refractivity contribution in [3.8, 4) is 11.3 Å². The van der Waals surface area contributed by atoms with E-state index in [0.717, 1.165) is 36.9 Å². The lowest BCUT2D eigenvalue weighted by Crippen LogP contribution is -2.33. The van der Waals surface area contributed by atoms with Gasteiger partial charge in [0.05, 0.1) is 5.69 Å². The summed E-state index contributed by atoms with van der Waals surface area (Å²) in [5.41, 5.74) is 1.74. The number of amides is 2. The van der Waals surface area contributed by atoms with Gasteiger partial charge in [-0.25, -0.2) is 9.48 Å². The first-order valence-corrected chi connectivity index (χ1v) is 8.30. The minimum absolute atomic E-state index is 0.0732. The summed E-state index contributed by atoms with van der Waals surface area (Å²) < 4.78 is 1.53. The van der Waals surface area contributed by atoms with E-state index in [1.54, 1.807) is 19.2 Å². The third-order valence-corrected chi connectivity index (χ3v) is 3.75. The summed E-state index contributed by atoms with van der Waals surface area (Å²) in [7, 11) is 1.60. The molecule has 0 radical (unpaired) electrons. The summed E-state index contributed by atoms with van der Waals surface area (Å²) in [4.78, 5) is 22.9. The van der Waals surface area contributed by atoms with Crippen molar-refractivity contribution < 1.29 is 4.79 Å². The number of benzene rings is 1. The van der Waals surface area contributed by atoms with E-state index in [1.807, 2.05) is 30.3 Å². The summed E-state index contributed by atoms with van der Waals surface area (Å²) >= 11 is 0. The highest BCUT2D eigenvalue weighted by Gasteiger charge is 2.03. The summed E-state index contributed by atoms with van der Waals surface area (Å²) in [5, 5.41) is 9.72. The maximum Gasteiger partial charge on any atom is 0.314 e. The zero-order valence-corrected chi connectivity index (χ0v) is 14.0. The van der Waals surface area contributed by atoms with E-state index in [2.05, 4.69) is 15.7 Å². The molecule has 1 heterocycles. The van der Waals surface area contributed by atoms with E-state index in [-0.39, 0.29) is 11.6 Å². The maximum atomic E-state index is 11.9. The number of nitrogens with one attached hydrogen (secondary N) is 2. The second-order valence-electron chi connectivity index (χ2n) is 5.57. The van der Waals surface area contributed by atoms with Crippen molar-refractivity contribution in [2.24, 2.45) is 0 Å². The first-order chi connectivity index (χ1) is 11.7. The Balaban J connectivity index is 1.78. The molecule has 0 aliphatic rings. The van der Waals surface area contributed by atoms with Crippen molar-refractivity contribution in [1.82, 2.24) is 20.4 Å². The SMILES string of the molecule is CNC(=O)NCCCCCCn1nc(-c2ccccc2)ccc1=O. The van der Waals surface area contributed by atoms with Gasteiger partial charge in [0.15, 0.2) is 0 Å². The molecule has 6 nitrogen and oxygen atoms in total. The Kier molecular flexibility index (Phi) is 7.01. The predicted molar refractivity (Wildman–Crippen MR) is 94.9 cm³/mol. The molecular weight excluding hydrogens is 304 g/mol. The topological polar surface area (TPSA) is 76.0 Å². The molecule has 0 unspecified atom stereocenters. The molecule has 2 N–H and O–H groups in total. The fourth-order valence-electron chi connectivity index (χ4n) is 2.40. The number of hydrogen-bond acceptors (Lipinski definition) is 3. The molecule has 0 saturated carbocycles. The third kappa shape index (κ3) is 5.53. The van der Waals surface area contributed by atoms with Gasteiger partial charge in [-0.3, -0.25) is 4.79 Å². The van der Waals surface area contributed by atoms with Crippen LogP contribution in [0.25, 0.3) is 11.3 Å². The largest absolute Gasteiger partial charge is 0.341 e. The lowest BCUT2D eigenvalue weighted by atomic mass is 10.1. The Labute approximate surface area is 141 Å². The fraction of sp³-hybridized carbons (Fsp3) is 0.389. The molecule has 1 aromatic heterocycles. The molecule has 0 bridgehead atoms. The third-order valence-electron chi connectivity index (χ3n) is 3.75. The molecule has 1 aromatic carbocycles. The normalized spacial score (nSPS) is 10.4. The van der Waals surface area contributed by atoms with Crippen LogP contribution in [0.4, 0.5) is 4.79 Å². The highest BCUT2D eigenvalue weighted by atomic mass is 16.2. The zero-order chi connectivity index (χ0) is 17.2. The number of aromatic nitrogens is 2. The van der Waals surface area contributed by atoms with Gasteiger partial charge in [-0.2, -0.15) is 5.10 Å². The van der Waals surface area contributed by atoms with Crippen molar-refractivity contribution in [2.45, 2.75) is 32.2 Å². The average molecular weight is 328 g/mol. The molecule has 0 saturated heterocycles. The Morgan fingerprint density at radius 1 is 1.04 bits per heavy atom. The second kappa shape index (κ2) is 9.50. The van der Waals surface area contributed by atoms with Crippen LogP contribution < -0.4 is 16.2 Å². The second-order valence-corrected chi connectivity index (χ2v) is 5.57. The van der Waals surface area contributed by atoms with Crippen molar-refractivity contribution in [2.75, 3.05) is 13.6 Å². The number of rotatable bonds is 8.